The number of nitrogens with one attached hydrogen (secondary N) is 1. The summed E-state index contributed by atoms with van der Waals surface area (Å²) >= 11 is 0. The number of rotatable bonds is 4. The normalized spacial score (nSPS) is 32.4. The van der Waals surface area contributed by atoms with Crippen molar-refractivity contribution < 1.29 is 0 Å². The Hall–Kier alpha value is -1.00. The van der Waals surface area contributed by atoms with Gasteiger partial charge >= 0.3 is 0 Å². The van der Waals surface area contributed by atoms with Gasteiger partial charge in [-0.05, 0) is 38.2 Å². The minimum absolute atomic E-state index is 0.236. The fourth-order valence-electron chi connectivity index (χ4n) is 3.05. The van der Waals surface area contributed by atoms with Gasteiger partial charge in [0, 0.05) is 37.1 Å². The Morgan fingerprint density at radius 3 is 2.74 bits per heavy atom. The SMILES string of the molecule is CCC1(C)CN(Cc2ncccn2)C(C2CC2)CN1. The van der Waals surface area contributed by atoms with Gasteiger partial charge in [0.15, 0.2) is 0 Å². The second kappa shape index (κ2) is 5.17. The molecule has 1 aliphatic carbocycles. The van der Waals surface area contributed by atoms with Crippen LogP contribution in [0.2, 0.25) is 0 Å². The van der Waals surface area contributed by atoms with Gasteiger partial charge in [-0.3, -0.25) is 4.90 Å². The molecule has 2 unspecified atom stereocenters. The lowest BCUT2D eigenvalue weighted by Crippen LogP contribution is -2.63. The van der Waals surface area contributed by atoms with Crippen LogP contribution in [0.25, 0.3) is 0 Å². The van der Waals surface area contributed by atoms with E-state index in [4.69, 9.17) is 0 Å². The van der Waals surface area contributed by atoms with Gasteiger partial charge in [0.25, 0.3) is 0 Å². The first-order chi connectivity index (χ1) is 9.20. The van der Waals surface area contributed by atoms with Crippen molar-refractivity contribution in [1.82, 2.24) is 20.2 Å². The van der Waals surface area contributed by atoms with Gasteiger partial charge < -0.3 is 5.32 Å². The zero-order chi connectivity index (χ0) is 13.3. The van der Waals surface area contributed by atoms with E-state index in [1.807, 2.05) is 18.5 Å². The summed E-state index contributed by atoms with van der Waals surface area (Å²) in [5.41, 5.74) is 0.236. The fourth-order valence-corrected chi connectivity index (χ4v) is 3.05. The van der Waals surface area contributed by atoms with E-state index < -0.39 is 0 Å². The molecule has 1 saturated heterocycles. The molecule has 2 fully saturated rings. The number of piperazine rings is 1. The summed E-state index contributed by atoms with van der Waals surface area (Å²) in [6.45, 7) is 7.70. The molecule has 0 bridgehead atoms. The number of aromatic nitrogens is 2. The van der Waals surface area contributed by atoms with Crippen molar-refractivity contribution in [3.8, 4) is 0 Å². The molecule has 0 amide bonds. The first-order valence-electron chi connectivity index (χ1n) is 7.45. The summed E-state index contributed by atoms with van der Waals surface area (Å²) in [7, 11) is 0. The van der Waals surface area contributed by atoms with Crippen LogP contribution in [0.4, 0.5) is 0 Å². The van der Waals surface area contributed by atoms with Crippen LogP contribution in [0.15, 0.2) is 18.5 Å². The summed E-state index contributed by atoms with van der Waals surface area (Å²) in [4.78, 5) is 11.4. The molecule has 104 valence electrons. The molecule has 19 heavy (non-hydrogen) atoms. The highest BCUT2D eigenvalue weighted by molar-refractivity contribution is 5.01. The molecule has 0 spiro atoms. The average Bonchev–Trinajstić information content (AvgIpc) is 3.25. The van der Waals surface area contributed by atoms with Gasteiger partial charge in [-0.1, -0.05) is 6.92 Å². The Morgan fingerprint density at radius 2 is 2.11 bits per heavy atom. The fraction of sp³-hybridized carbons (Fsp3) is 0.733. The van der Waals surface area contributed by atoms with E-state index in [0.29, 0.717) is 6.04 Å². The Labute approximate surface area is 115 Å². The highest BCUT2D eigenvalue weighted by atomic mass is 15.3. The third-order valence-corrected chi connectivity index (χ3v) is 4.67. The van der Waals surface area contributed by atoms with Gasteiger partial charge in [-0.15, -0.1) is 0 Å². The quantitative estimate of drug-likeness (QED) is 0.896. The molecule has 1 N–H and O–H groups in total. The molecule has 0 radical (unpaired) electrons. The summed E-state index contributed by atoms with van der Waals surface area (Å²) in [6, 6.07) is 2.55. The van der Waals surface area contributed by atoms with E-state index in [1.165, 1.54) is 12.8 Å². The van der Waals surface area contributed by atoms with E-state index in [2.05, 4.69) is 34.0 Å². The van der Waals surface area contributed by atoms with Crippen molar-refractivity contribution in [3.63, 3.8) is 0 Å². The lowest BCUT2D eigenvalue weighted by molar-refractivity contribution is 0.0640. The lowest BCUT2D eigenvalue weighted by Gasteiger charge is -2.46. The maximum Gasteiger partial charge on any atom is 0.142 e. The van der Waals surface area contributed by atoms with Gasteiger partial charge in [0.05, 0.1) is 6.54 Å². The van der Waals surface area contributed by atoms with Crippen molar-refractivity contribution in [3.05, 3.63) is 24.3 Å². The van der Waals surface area contributed by atoms with Crippen LogP contribution >= 0.6 is 0 Å². The van der Waals surface area contributed by atoms with Crippen molar-refractivity contribution in [2.75, 3.05) is 13.1 Å². The topological polar surface area (TPSA) is 41.1 Å². The second-order valence-electron chi connectivity index (χ2n) is 6.27. The smallest absolute Gasteiger partial charge is 0.142 e. The molecule has 2 atom stereocenters. The van der Waals surface area contributed by atoms with Crippen LogP contribution in [0.3, 0.4) is 0 Å². The van der Waals surface area contributed by atoms with Crippen LogP contribution in [0.5, 0.6) is 0 Å². The Morgan fingerprint density at radius 1 is 1.37 bits per heavy atom. The minimum atomic E-state index is 0.236. The minimum Gasteiger partial charge on any atom is -0.309 e. The van der Waals surface area contributed by atoms with E-state index in [1.54, 1.807) is 0 Å². The Kier molecular flexibility index (Phi) is 3.54. The molecular weight excluding hydrogens is 236 g/mol. The molecule has 1 saturated carbocycles. The highest BCUT2D eigenvalue weighted by Crippen LogP contribution is 2.37. The molecule has 1 aromatic heterocycles. The Bertz CT molecular complexity index is 417. The van der Waals surface area contributed by atoms with Crippen molar-refractivity contribution >= 4 is 0 Å². The first-order valence-corrected chi connectivity index (χ1v) is 7.45. The predicted octanol–water partition coefficient (Wildman–Crippen LogP) is 1.83. The van der Waals surface area contributed by atoms with Crippen LogP contribution < -0.4 is 5.32 Å². The van der Waals surface area contributed by atoms with Crippen LogP contribution in [0, 0.1) is 5.92 Å². The highest BCUT2D eigenvalue weighted by Gasteiger charge is 2.41. The maximum absolute atomic E-state index is 4.39. The zero-order valence-corrected chi connectivity index (χ0v) is 12.0. The molecule has 2 aliphatic rings. The molecular formula is C15H24N4. The van der Waals surface area contributed by atoms with Crippen LogP contribution in [0.1, 0.15) is 38.9 Å². The third-order valence-electron chi connectivity index (χ3n) is 4.67. The molecule has 2 heterocycles. The van der Waals surface area contributed by atoms with E-state index >= 15 is 0 Å². The molecule has 3 rings (SSSR count). The van der Waals surface area contributed by atoms with Gasteiger partial charge in [0.2, 0.25) is 0 Å². The molecule has 0 aromatic carbocycles. The van der Waals surface area contributed by atoms with E-state index in [9.17, 15) is 0 Å². The second-order valence-corrected chi connectivity index (χ2v) is 6.27. The number of nitrogens with zero attached hydrogens (tertiary/aromatic N) is 3. The lowest BCUT2D eigenvalue weighted by atomic mass is 9.92. The standard InChI is InChI=1S/C15H24N4/c1-3-15(2)11-19(10-14-16-7-4-8-17-14)13(9-18-15)12-5-6-12/h4,7-8,12-13,18H,3,5-6,9-11H2,1-2H3. The van der Waals surface area contributed by atoms with E-state index in [-0.39, 0.29) is 5.54 Å². The molecule has 1 aliphatic heterocycles. The van der Waals surface area contributed by atoms with Crippen molar-refractivity contribution in [1.29, 1.82) is 0 Å². The van der Waals surface area contributed by atoms with E-state index in [0.717, 1.165) is 37.8 Å². The number of hydrogen-bond donors (Lipinski definition) is 1. The summed E-state index contributed by atoms with van der Waals surface area (Å²) < 4.78 is 0. The summed E-state index contributed by atoms with van der Waals surface area (Å²) in [6.07, 6.45) is 7.63. The summed E-state index contributed by atoms with van der Waals surface area (Å²) in [5, 5.41) is 3.75. The number of hydrogen-bond acceptors (Lipinski definition) is 4. The largest absolute Gasteiger partial charge is 0.309 e. The van der Waals surface area contributed by atoms with Gasteiger partial charge in [-0.2, -0.15) is 0 Å². The van der Waals surface area contributed by atoms with Crippen LogP contribution in [-0.4, -0.2) is 39.5 Å². The van der Waals surface area contributed by atoms with Gasteiger partial charge in [0.1, 0.15) is 5.82 Å². The van der Waals surface area contributed by atoms with Gasteiger partial charge in [-0.25, -0.2) is 9.97 Å². The van der Waals surface area contributed by atoms with Crippen LogP contribution in [-0.2, 0) is 6.54 Å². The monoisotopic (exact) mass is 260 g/mol. The van der Waals surface area contributed by atoms with Crippen molar-refractivity contribution in [2.45, 2.75) is 51.2 Å². The maximum atomic E-state index is 4.39. The third kappa shape index (κ3) is 2.95. The average molecular weight is 260 g/mol. The molecule has 4 heteroatoms. The molecule has 4 nitrogen and oxygen atoms in total. The van der Waals surface area contributed by atoms with Crippen molar-refractivity contribution in [2.24, 2.45) is 5.92 Å². The molecule has 1 aromatic rings. The summed E-state index contributed by atoms with van der Waals surface area (Å²) in [5.74, 6) is 1.84. The first kappa shape index (κ1) is 13.0. The predicted molar refractivity (Wildman–Crippen MR) is 75.7 cm³/mol. The zero-order valence-electron chi connectivity index (χ0n) is 12.0. The Balaban J connectivity index is 1.73.